The molecule has 0 bridgehead atoms. The molecule has 2 N–H and O–H groups in total. The Morgan fingerprint density at radius 2 is 1.95 bits per heavy atom. The fourth-order valence-electron chi connectivity index (χ4n) is 3.63. The van der Waals surface area contributed by atoms with E-state index in [1.54, 1.807) is 0 Å². The van der Waals surface area contributed by atoms with E-state index in [1.165, 1.54) is 0 Å². The highest BCUT2D eigenvalue weighted by atomic mass is 16.7. The molecule has 2 rings (SSSR count). The van der Waals surface area contributed by atoms with Gasteiger partial charge in [-0.25, -0.2) is 0 Å². The number of hydrogen-bond donors (Lipinski definition) is 2. The number of hydrogen-bond acceptors (Lipinski definition) is 4. The lowest BCUT2D eigenvalue weighted by Gasteiger charge is -2.56. The molecule has 0 aromatic heterocycles. The minimum atomic E-state index is -0.547. The molecule has 4 nitrogen and oxygen atoms in total. The molecule has 0 amide bonds. The summed E-state index contributed by atoms with van der Waals surface area (Å²) in [4.78, 5) is 0. The van der Waals surface area contributed by atoms with Gasteiger partial charge in [0, 0.05) is 23.4 Å². The van der Waals surface area contributed by atoms with E-state index < -0.39 is 5.79 Å². The summed E-state index contributed by atoms with van der Waals surface area (Å²) >= 11 is 0. The number of aliphatic hydroxyl groups is 1. The molecular weight excluding hydrogens is 242 g/mol. The fourth-order valence-corrected chi connectivity index (χ4v) is 3.63. The van der Waals surface area contributed by atoms with Crippen LogP contribution in [0.25, 0.3) is 0 Å². The molecule has 1 spiro atoms. The van der Waals surface area contributed by atoms with Gasteiger partial charge >= 0.3 is 0 Å². The summed E-state index contributed by atoms with van der Waals surface area (Å²) in [5.41, 5.74) is 0.00890. The van der Waals surface area contributed by atoms with Gasteiger partial charge in [0.1, 0.15) is 6.10 Å². The zero-order valence-corrected chi connectivity index (χ0v) is 13.0. The predicted octanol–water partition coefficient (Wildman–Crippen LogP) is 2.06. The van der Waals surface area contributed by atoms with Crippen LogP contribution in [0.3, 0.4) is 0 Å². The van der Waals surface area contributed by atoms with Crippen molar-refractivity contribution in [2.75, 3.05) is 13.2 Å². The van der Waals surface area contributed by atoms with Gasteiger partial charge in [-0.3, -0.25) is 0 Å². The molecule has 5 unspecified atom stereocenters. The zero-order chi connectivity index (χ0) is 14.3. The lowest BCUT2D eigenvalue weighted by Crippen LogP contribution is -2.70. The van der Waals surface area contributed by atoms with E-state index in [0.717, 1.165) is 19.3 Å². The lowest BCUT2D eigenvalue weighted by atomic mass is 9.68. The van der Waals surface area contributed by atoms with Crippen molar-refractivity contribution in [3.63, 3.8) is 0 Å². The number of rotatable bonds is 3. The van der Waals surface area contributed by atoms with Crippen molar-refractivity contribution in [3.05, 3.63) is 0 Å². The summed E-state index contributed by atoms with van der Waals surface area (Å²) < 4.78 is 12.2. The smallest absolute Gasteiger partial charge is 0.175 e. The normalized spacial score (nSPS) is 50.8. The van der Waals surface area contributed by atoms with Crippen LogP contribution >= 0.6 is 0 Å². The third-order valence-corrected chi connectivity index (χ3v) is 5.44. The van der Waals surface area contributed by atoms with E-state index in [1.807, 2.05) is 0 Å². The molecule has 2 saturated heterocycles. The monoisotopic (exact) mass is 271 g/mol. The average molecular weight is 271 g/mol. The maximum Gasteiger partial charge on any atom is 0.175 e. The van der Waals surface area contributed by atoms with Crippen molar-refractivity contribution in [3.8, 4) is 0 Å². The molecule has 2 aliphatic rings. The Morgan fingerprint density at radius 1 is 1.26 bits per heavy atom. The highest BCUT2D eigenvalue weighted by molar-refractivity contribution is 5.09. The van der Waals surface area contributed by atoms with Crippen molar-refractivity contribution in [2.45, 2.75) is 76.9 Å². The summed E-state index contributed by atoms with van der Waals surface area (Å²) in [5, 5.41) is 13.1. The Balaban J connectivity index is 2.32. The molecule has 4 heteroatoms. The quantitative estimate of drug-likeness (QED) is 0.825. The molecule has 0 saturated carbocycles. The molecule has 0 aromatic carbocycles. The van der Waals surface area contributed by atoms with Gasteiger partial charge in [-0.15, -0.1) is 0 Å². The standard InChI is InChI=1S/C15H29NO3/c1-6-13(4)10-15(18-9-12(8-17)19-15)11(3)14(5,7-2)16-13/h11-12,16-17H,6-10H2,1-5H3. The van der Waals surface area contributed by atoms with E-state index in [4.69, 9.17) is 9.47 Å². The second-order valence-electron chi connectivity index (χ2n) is 6.75. The van der Waals surface area contributed by atoms with Gasteiger partial charge in [0.05, 0.1) is 13.2 Å². The van der Waals surface area contributed by atoms with Crippen LogP contribution in [0.1, 0.15) is 53.9 Å². The van der Waals surface area contributed by atoms with Gasteiger partial charge in [0.2, 0.25) is 0 Å². The number of aliphatic hydroxyl groups excluding tert-OH is 1. The van der Waals surface area contributed by atoms with Crippen molar-refractivity contribution >= 4 is 0 Å². The van der Waals surface area contributed by atoms with Crippen LogP contribution in [0.15, 0.2) is 0 Å². The third-order valence-electron chi connectivity index (χ3n) is 5.44. The van der Waals surface area contributed by atoms with Crippen LogP contribution in [0, 0.1) is 5.92 Å². The first-order valence-corrected chi connectivity index (χ1v) is 7.55. The Bertz CT molecular complexity index is 337. The SMILES string of the molecule is CCC1(C)CC2(OCC(CO)O2)C(C)C(C)(CC)N1. The van der Waals surface area contributed by atoms with Crippen LogP contribution < -0.4 is 5.32 Å². The van der Waals surface area contributed by atoms with E-state index in [-0.39, 0.29) is 29.7 Å². The molecule has 0 aromatic rings. The van der Waals surface area contributed by atoms with Crippen molar-refractivity contribution in [1.82, 2.24) is 5.32 Å². The molecule has 19 heavy (non-hydrogen) atoms. The summed E-state index contributed by atoms with van der Waals surface area (Å²) in [6.07, 6.45) is 2.72. The molecule has 5 atom stereocenters. The van der Waals surface area contributed by atoms with E-state index in [0.29, 0.717) is 6.61 Å². The summed E-state index contributed by atoms with van der Waals surface area (Å²) in [7, 11) is 0. The first-order valence-electron chi connectivity index (χ1n) is 7.55. The van der Waals surface area contributed by atoms with Crippen LogP contribution in [-0.2, 0) is 9.47 Å². The van der Waals surface area contributed by atoms with E-state index >= 15 is 0 Å². The largest absolute Gasteiger partial charge is 0.394 e. The van der Waals surface area contributed by atoms with Gasteiger partial charge in [-0.05, 0) is 26.7 Å². The Labute approximate surface area is 116 Å². The molecule has 2 heterocycles. The summed E-state index contributed by atoms with van der Waals surface area (Å²) in [6.45, 7) is 11.6. The molecule has 0 radical (unpaired) electrons. The lowest BCUT2D eigenvalue weighted by molar-refractivity contribution is -0.253. The van der Waals surface area contributed by atoms with Crippen molar-refractivity contribution in [1.29, 1.82) is 0 Å². The van der Waals surface area contributed by atoms with Crippen molar-refractivity contribution in [2.24, 2.45) is 5.92 Å². The topological polar surface area (TPSA) is 50.7 Å². The van der Waals surface area contributed by atoms with Crippen LogP contribution in [0.2, 0.25) is 0 Å². The predicted molar refractivity (Wildman–Crippen MR) is 75.0 cm³/mol. The Hall–Kier alpha value is -0.160. The van der Waals surface area contributed by atoms with Gasteiger partial charge in [0.25, 0.3) is 0 Å². The van der Waals surface area contributed by atoms with Crippen LogP contribution in [0.5, 0.6) is 0 Å². The van der Waals surface area contributed by atoms with E-state index in [9.17, 15) is 5.11 Å². The Kier molecular flexibility index (Phi) is 4.00. The molecular formula is C15H29NO3. The van der Waals surface area contributed by atoms with Crippen molar-refractivity contribution < 1.29 is 14.6 Å². The third kappa shape index (κ3) is 2.44. The highest BCUT2D eigenvalue weighted by Crippen LogP contribution is 2.48. The van der Waals surface area contributed by atoms with Crippen LogP contribution in [-0.4, -0.2) is 41.3 Å². The van der Waals surface area contributed by atoms with Gasteiger partial charge in [-0.1, -0.05) is 20.8 Å². The summed E-state index contributed by atoms with van der Waals surface area (Å²) in [5.74, 6) is -0.296. The minimum Gasteiger partial charge on any atom is -0.394 e. The van der Waals surface area contributed by atoms with Crippen LogP contribution in [0.4, 0.5) is 0 Å². The average Bonchev–Trinajstić information content (AvgIpc) is 2.80. The van der Waals surface area contributed by atoms with Gasteiger partial charge in [0.15, 0.2) is 5.79 Å². The molecule has 2 fully saturated rings. The second kappa shape index (κ2) is 4.99. The molecule has 112 valence electrons. The Morgan fingerprint density at radius 3 is 2.42 bits per heavy atom. The molecule has 0 aliphatic carbocycles. The van der Waals surface area contributed by atoms with Gasteiger partial charge in [-0.2, -0.15) is 0 Å². The molecule has 2 aliphatic heterocycles. The van der Waals surface area contributed by atoms with E-state index in [2.05, 4.69) is 39.9 Å². The number of nitrogens with one attached hydrogen (secondary N) is 1. The van der Waals surface area contributed by atoms with Gasteiger partial charge < -0.3 is 19.9 Å². The zero-order valence-electron chi connectivity index (χ0n) is 13.0. The second-order valence-corrected chi connectivity index (χ2v) is 6.75. The number of piperidine rings is 1. The maximum absolute atomic E-state index is 9.32. The first-order chi connectivity index (χ1) is 8.83. The minimum absolute atomic E-state index is 0.00659. The highest BCUT2D eigenvalue weighted by Gasteiger charge is 2.59. The number of ether oxygens (including phenoxy) is 2. The summed E-state index contributed by atoms with van der Waals surface area (Å²) in [6, 6.07) is 0. The fraction of sp³-hybridized carbons (Fsp3) is 1.00. The maximum atomic E-state index is 9.32. The first kappa shape index (κ1) is 15.2.